The summed E-state index contributed by atoms with van der Waals surface area (Å²) >= 11 is 0. The second kappa shape index (κ2) is 9.82. The van der Waals surface area contributed by atoms with Gasteiger partial charge in [-0.15, -0.1) is 5.73 Å². The molecular weight excluding hydrogens is 536 g/mol. The third-order valence-corrected chi connectivity index (χ3v) is 8.01. The number of H-pyrrole nitrogens is 1. The van der Waals surface area contributed by atoms with Gasteiger partial charge in [-0.2, -0.15) is 8.62 Å². The predicted molar refractivity (Wildman–Crippen MR) is 105 cm³/mol. The van der Waals surface area contributed by atoms with E-state index in [1.54, 1.807) is 0 Å². The number of aromatic amines is 1. The summed E-state index contributed by atoms with van der Waals surface area (Å²) in [5, 5.41) is 21.5. The van der Waals surface area contributed by atoms with Gasteiger partial charge in [0.2, 0.25) is 0 Å². The van der Waals surface area contributed by atoms with E-state index in [1.165, 1.54) is 0 Å². The Morgan fingerprint density at radius 3 is 2.35 bits per heavy atom. The Bertz CT molecular complexity index is 1240. The van der Waals surface area contributed by atoms with Gasteiger partial charge in [0.05, 0.1) is 6.61 Å². The Morgan fingerprint density at radius 2 is 1.85 bits per heavy atom. The molecule has 0 aromatic carbocycles. The molecule has 17 nitrogen and oxygen atoms in total. The molecule has 0 radical (unpaired) electrons. The molecule has 1 aliphatic rings. The molecule has 0 bridgehead atoms. The maximum Gasteiger partial charge on any atom is 0.490 e. The van der Waals surface area contributed by atoms with E-state index in [0.717, 1.165) is 12.3 Å². The Morgan fingerprint density at radius 1 is 1.24 bits per heavy atom. The van der Waals surface area contributed by atoms with Gasteiger partial charge in [-0.05, 0) is 6.08 Å². The second-order valence-electron chi connectivity index (χ2n) is 6.69. The molecule has 7 N–H and O–H groups in total. The number of nitrogens with one attached hydrogen (secondary N) is 1. The summed E-state index contributed by atoms with van der Waals surface area (Å²) in [6, 6.07) is 0.816. The van der Waals surface area contributed by atoms with E-state index in [-0.39, 0.29) is 0 Å². The molecule has 1 aliphatic heterocycles. The van der Waals surface area contributed by atoms with Crippen LogP contribution in [0, 0.1) is 0 Å². The first-order valence-corrected chi connectivity index (χ1v) is 13.0. The minimum absolute atomic E-state index is 0.528. The highest BCUT2D eigenvalue weighted by atomic mass is 31.3. The predicted octanol–water partition coefficient (Wildman–Crippen LogP) is -1.45. The maximum absolute atomic E-state index is 14.1. The maximum atomic E-state index is 14.1. The summed E-state index contributed by atoms with van der Waals surface area (Å²) in [7, 11) is -17.4. The van der Waals surface area contributed by atoms with Gasteiger partial charge >= 0.3 is 29.2 Å². The van der Waals surface area contributed by atoms with Crippen molar-refractivity contribution >= 4 is 23.5 Å². The lowest BCUT2D eigenvalue weighted by atomic mass is 9.87. The number of ether oxygens (including phenoxy) is 1. The number of hydrogen-bond acceptors (Lipinski definition) is 11. The highest BCUT2D eigenvalue weighted by molar-refractivity contribution is 7.66. The van der Waals surface area contributed by atoms with E-state index in [0.29, 0.717) is 10.6 Å². The summed E-state index contributed by atoms with van der Waals surface area (Å²) in [5.74, 6) is 0. The quantitative estimate of drug-likeness (QED) is 0.129. The number of aromatic nitrogens is 2. The van der Waals surface area contributed by atoms with Crippen LogP contribution in [0.25, 0.3) is 0 Å². The SMILES string of the molecule is C=C=C[C@@]1(O)C(O)[C@@](CF)(COP(=O)(O)OP(=O)(O)OP(=O)(O)O)O[C@@H]1n1ccc(=O)[nH]c1=O. The van der Waals surface area contributed by atoms with Crippen molar-refractivity contribution in [3.8, 4) is 0 Å². The minimum atomic E-state index is -5.90. The normalized spacial score (nSPS) is 30.8. The fourth-order valence-electron chi connectivity index (χ4n) is 2.89. The molecule has 192 valence electrons. The van der Waals surface area contributed by atoms with E-state index in [4.69, 9.17) is 14.5 Å². The second-order valence-corrected chi connectivity index (χ2v) is 11.1. The largest absolute Gasteiger partial charge is 0.490 e. The monoisotopic (exact) mass is 554 g/mol. The van der Waals surface area contributed by atoms with Crippen LogP contribution in [0.5, 0.6) is 0 Å². The zero-order valence-electron chi connectivity index (χ0n) is 16.5. The number of halogens is 1. The van der Waals surface area contributed by atoms with Crippen molar-refractivity contribution in [3.05, 3.63) is 51.5 Å². The van der Waals surface area contributed by atoms with Gasteiger partial charge < -0.3 is 34.5 Å². The molecule has 1 fully saturated rings. The number of aliphatic hydroxyl groups excluding tert-OH is 1. The number of aliphatic hydroxyl groups is 2. The van der Waals surface area contributed by atoms with E-state index in [9.17, 15) is 47.7 Å². The summed E-state index contributed by atoms with van der Waals surface area (Å²) in [6.45, 7) is -0.0973. The number of hydrogen-bond donors (Lipinski definition) is 7. The van der Waals surface area contributed by atoms with Crippen LogP contribution in [0.3, 0.4) is 0 Å². The van der Waals surface area contributed by atoms with Gasteiger partial charge in [0.15, 0.2) is 17.4 Å². The fraction of sp³-hybridized carbons (Fsp3) is 0.462. The smallest absolute Gasteiger partial charge is 0.386 e. The van der Waals surface area contributed by atoms with Crippen LogP contribution >= 0.6 is 23.5 Å². The molecule has 2 heterocycles. The third kappa shape index (κ3) is 6.34. The average Bonchev–Trinajstić information content (AvgIpc) is 2.86. The fourth-order valence-corrected chi connectivity index (χ4v) is 5.97. The van der Waals surface area contributed by atoms with Crippen LogP contribution in [0.15, 0.2) is 40.2 Å². The first-order valence-electron chi connectivity index (χ1n) is 8.51. The van der Waals surface area contributed by atoms with E-state index in [2.05, 4.69) is 25.5 Å². The number of rotatable bonds is 10. The molecule has 0 spiro atoms. The van der Waals surface area contributed by atoms with Crippen LogP contribution in [0.4, 0.5) is 4.39 Å². The van der Waals surface area contributed by atoms with Gasteiger partial charge in [-0.3, -0.25) is 18.9 Å². The Labute approximate surface area is 187 Å². The lowest BCUT2D eigenvalue weighted by molar-refractivity contribution is -0.137. The van der Waals surface area contributed by atoms with Gasteiger partial charge in [0, 0.05) is 12.3 Å². The lowest BCUT2D eigenvalue weighted by Crippen LogP contribution is -2.53. The first kappa shape index (κ1) is 28.7. The molecule has 6 atom stereocenters. The van der Waals surface area contributed by atoms with Crippen molar-refractivity contribution in [1.82, 2.24) is 9.55 Å². The third-order valence-electron chi connectivity index (χ3n) is 4.23. The summed E-state index contributed by atoms with van der Waals surface area (Å²) < 4.78 is 65.3. The van der Waals surface area contributed by atoms with E-state index >= 15 is 0 Å². The molecular formula is C13H18FN2O15P3. The molecule has 0 aliphatic carbocycles. The average molecular weight is 554 g/mol. The first-order chi connectivity index (χ1) is 15.4. The highest BCUT2D eigenvalue weighted by Crippen LogP contribution is 2.66. The van der Waals surface area contributed by atoms with Crippen LogP contribution < -0.4 is 11.2 Å². The van der Waals surface area contributed by atoms with Gasteiger partial charge in [-0.1, -0.05) is 6.58 Å². The van der Waals surface area contributed by atoms with Crippen molar-refractivity contribution in [2.45, 2.75) is 23.5 Å². The standard InChI is InChI=1S/C13H18FN2O15P3/c1-2-4-13(20)9(18)12(6-14,29-10(13)16-5-3-8(17)15-11(16)19)7-28-33(24,25)31-34(26,27)30-32(21,22)23/h3-5,9-10,18,20H,1,6-7H2,(H,24,25)(H,26,27)(H,15,17,19)(H2,21,22,23)/t9?,10-,12+,13+/m0/s1. The summed E-state index contributed by atoms with van der Waals surface area (Å²) in [6.07, 6.45) is -2.91. The Hall–Kier alpha value is -1.58. The number of nitrogens with zero attached hydrogens (tertiary/aromatic N) is 1. The number of phosphoric acid groups is 3. The summed E-state index contributed by atoms with van der Waals surface area (Å²) in [4.78, 5) is 61.1. The van der Waals surface area contributed by atoms with E-state index in [1.807, 2.05) is 4.98 Å². The van der Waals surface area contributed by atoms with Crippen LogP contribution in [-0.4, -0.2) is 69.9 Å². The molecule has 34 heavy (non-hydrogen) atoms. The number of alkyl halides is 1. The van der Waals surface area contributed by atoms with Gasteiger partial charge in [-0.25, -0.2) is 22.9 Å². The molecule has 0 saturated carbocycles. The summed E-state index contributed by atoms with van der Waals surface area (Å²) in [5.41, 5.74) is -5.39. The minimum Gasteiger partial charge on any atom is -0.386 e. The molecule has 2 rings (SSSR count). The lowest BCUT2D eigenvalue weighted by Gasteiger charge is -2.31. The van der Waals surface area contributed by atoms with Crippen molar-refractivity contribution in [1.29, 1.82) is 0 Å². The van der Waals surface area contributed by atoms with Crippen molar-refractivity contribution in [3.63, 3.8) is 0 Å². The zero-order chi connectivity index (χ0) is 26.2. The molecule has 0 amide bonds. The van der Waals surface area contributed by atoms with Crippen LogP contribution in [0.1, 0.15) is 6.23 Å². The Balaban J connectivity index is 2.39. The highest BCUT2D eigenvalue weighted by Gasteiger charge is 2.64. The molecule has 1 aromatic heterocycles. The van der Waals surface area contributed by atoms with Gasteiger partial charge in [0.1, 0.15) is 12.8 Å². The van der Waals surface area contributed by atoms with E-state index < -0.39 is 71.5 Å². The molecule has 3 unspecified atom stereocenters. The van der Waals surface area contributed by atoms with Gasteiger partial charge in [0.25, 0.3) is 5.56 Å². The molecule has 21 heteroatoms. The number of phosphoric ester groups is 1. The van der Waals surface area contributed by atoms with Crippen LogP contribution in [-0.2, 0) is 31.6 Å². The zero-order valence-corrected chi connectivity index (χ0v) is 19.2. The molecule has 1 aromatic rings. The molecule has 1 saturated heterocycles. The van der Waals surface area contributed by atoms with Crippen molar-refractivity contribution in [2.24, 2.45) is 0 Å². The van der Waals surface area contributed by atoms with Crippen molar-refractivity contribution in [2.75, 3.05) is 13.3 Å². The topological polar surface area (TPSA) is 264 Å². The van der Waals surface area contributed by atoms with Crippen molar-refractivity contribution < 1.29 is 65.8 Å². The van der Waals surface area contributed by atoms with Crippen LogP contribution in [0.2, 0.25) is 0 Å². The Kier molecular flexibility index (Phi) is 8.27.